The third-order valence-corrected chi connectivity index (χ3v) is 5.07. The normalized spacial score (nSPS) is 12.8. The number of ether oxygens (including phenoxy) is 1. The number of pyridine rings is 1. The molecule has 124 valence electrons. The lowest BCUT2D eigenvalue weighted by atomic mass is 10.1. The maximum Gasteiger partial charge on any atom is 0.212 e. The van der Waals surface area contributed by atoms with E-state index in [0.717, 1.165) is 16.7 Å². The predicted molar refractivity (Wildman–Crippen MR) is 91.0 cm³/mol. The first-order valence-electron chi connectivity index (χ1n) is 7.45. The van der Waals surface area contributed by atoms with E-state index >= 15 is 0 Å². The summed E-state index contributed by atoms with van der Waals surface area (Å²) in [5.41, 5.74) is 2.84. The number of benzene rings is 1. The first kappa shape index (κ1) is 17.4. The zero-order valence-corrected chi connectivity index (χ0v) is 14.4. The van der Waals surface area contributed by atoms with E-state index in [1.165, 1.54) is 0 Å². The monoisotopic (exact) mass is 334 g/mol. The van der Waals surface area contributed by atoms with Crippen molar-refractivity contribution in [2.45, 2.75) is 26.3 Å². The number of methoxy groups -OCH3 is 1. The van der Waals surface area contributed by atoms with Crippen LogP contribution >= 0.6 is 0 Å². The van der Waals surface area contributed by atoms with Gasteiger partial charge in [-0.2, -0.15) is 0 Å². The highest BCUT2D eigenvalue weighted by molar-refractivity contribution is 7.89. The van der Waals surface area contributed by atoms with Gasteiger partial charge in [-0.15, -0.1) is 0 Å². The Morgan fingerprint density at radius 1 is 1.22 bits per heavy atom. The van der Waals surface area contributed by atoms with Crippen LogP contribution in [0.3, 0.4) is 0 Å². The minimum absolute atomic E-state index is 0.0372. The number of aryl methyl sites for hydroxylation is 2. The molecule has 6 heteroatoms. The molecule has 0 saturated heterocycles. The van der Waals surface area contributed by atoms with E-state index in [1.54, 1.807) is 19.5 Å². The maximum atomic E-state index is 12.3. The third-order valence-electron chi connectivity index (χ3n) is 3.62. The van der Waals surface area contributed by atoms with Crippen LogP contribution in [-0.2, 0) is 16.4 Å². The van der Waals surface area contributed by atoms with E-state index in [-0.39, 0.29) is 11.8 Å². The molecule has 0 aliphatic heterocycles. The van der Waals surface area contributed by atoms with Crippen molar-refractivity contribution in [3.63, 3.8) is 0 Å². The highest BCUT2D eigenvalue weighted by atomic mass is 32.2. The summed E-state index contributed by atoms with van der Waals surface area (Å²) in [4.78, 5) is 3.93. The van der Waals surface area contributed by atoms with Gasteiger partial charge in [-0.3, -0.25) is 4.98 Å². The van der Waals surface area contributed by atoms with Gasteiger partial charge in [0.25, 0.3) is 0 Å². The number of hydrogen-bond donors (Lipinski definition) is 1. The second kappa shape index (κ2) is 7.57. The summed E-state index contributed by atoms with van der Waals surface area (Å²) in [6.07, 6.45) is 3.78. The molecule has 2 rings (SSSR count). The van der Waals surface area contributed by atoms with Crippen molar-refractivity contribution < 1.29 is 13.2 Å². The molecule has 0 fully saturated rings. The fourth-order valence-corrected chi connectivity index (χ4v) is 3.67. The molecule has 1 aromatic carbocycles. The second-order valence-electron chi connectivity index (χ2n) is 5.51. The molecule has 1 atom stereocenters. The van der Waals surface area contributed by atoms with Crippen LogP contribution < -0.4 is 9.46 Å². The zero-order chi connectivity index (χ0) is 16.9. The van der Waals surface area contributed by atoms with Crippen LogP contribution in [0.15, 0.2) is 42.7 Å². The number of aromatic nitrogens is 1. The van der Waals surface area contributed by atoms with Gasteiger partial charge in [0.2, 0.25) is 10.0 Å². The molecule has 2 aromatic rings. The summed E-state index contributed by atoms with van der Waals surface area (Å²) in [6, 6.07) is 9.02. The van der Waals surface area contributed by atoms with E-state index in [9.17, 15) is 8.42 Å². The highest BCUT2D eigenvalue weighted by Gasteiger charge is 2.18. The molecular weight excluding hydrogens is 312 g/mol. The Balaban J connectivity index is 2.06. The van der Waals surface area contributed by atoms with Crippen LogP contribution in [0.25, 0.3) is 0 Å². The average molecular weight is 334 g/mol. The predicted octanol–water partition coefficient (Wildman–Crippen LogP) is 2.62. The lowest BCUT2D eigenvalue weighted by Crippen LogP contribution is -2.30. The van der Waals surface area contributed by atoms with Gasteiger partial charge in [0, 0.05) is 24.0 Å². The minimum atomic E-state index is -3.39. The first-order chi connectivity index (χ1) is 10.9. The molecule has 1 heterocycles. The molecule has 5 nitrogen and oxygen atoms in total. The topological polar surface area (TPSA) is 68.3 Å². The maximum absolute atomic E-state index is 12.3. The van der Waals surface area contributed by atoms with E-state index in [0.29, 0.717) is 12.2 Å². The molecule has 1 N–H and O–H groups in total. The summed E-state index contributed by atoms with van der Waals surface area (Å²) in [5.74, 6) is 0.718. The molecule has 0 spiro atoms. The average Bonchev–Trinajstić information content (AvgIpc) is 2.53. The summed E-state index contributed by atoms with van der Waals surface area (Å²) in [5, 5.41) is 0. The molecule has 0 amide bonds. The largest absolute Gasteiger partial charge is 0.496 e. The second-order valence-corrected chi connectivity index (χ2v) is 7.38. The Hall–Kier alpha value is -1.92. The Kier molecular flexibility index (Phi) is 5.74. The van der Waals surface area contributed by atoms with Crippen LogP contribution in [0, 0.1) is 6.92 Å². The van der Waals surface area contributed by atoms with Crippen molar-refractivity contribution in [3.8, 4) is 5.75 Å². The highest BCUT2D eigenvalue weighted by Crippen LogP contribution is 2.26. The van der Waals surface area contributed by atoms with E-state index in [1.807, 2.05) is 44.2 Å². The molecule has 23 heavy (non-hydrogen) atoms. The van der Waals surface area contributed by atoms with Gasteiger partial charge >= 0.3 is 0 Å². The lowest BCUT2D eigenvalue weighted by molar-refractivity contribution is 0.405. The van der Waals surface area contributed by atoms with Gasteiger partial charge in [0.05, 0.1) is 12.9 Å². The Morgan fingerprint density at radius 2 is 1.91 bits per heavy atom. The molecule has 1 aromatic heterocycles. The summed E-state index contributed by atoms with van der Waals surface area (Å²) < 4.78 is 32.7. The minimum Gasteiger partial charge on any atom is -0.496 e. The number of nitrogens with zero attached hydrogens (tertiary/aromatic N) is 1. The van der Waals surface area contributed by atoms with Crippen LogP contribution in [0.5, 0.6) is 5.75 Å². The van der Waals surface area contributed by atoms with Crippen molar-refractivity contribution in [1.82, 2.24) is 9.71 Å². The zero-order valence-electron chi connectivity index (χ0n) is 13.6. The SMILES string of the molecule is COc1ccc(C)cc1[C@H](C)NS(=O)(=O)CCc1ccncc1. The van der Waals surface area contributed by atoms with Gasteiger partial charge in [-0.25, -0.2) is 13.1 Å². The molecule has 0 aliphatic rings. The Labute approximate surface area is 137 Å². The van der Waals surface area contributed by atoms with Crippen molar-refractivity contribution in [2.24, 2.45) is 0 Å². The molecule has 0 bridgehead atoms. The number of sulfonamides is 1. The number of hydrogen-bond acceptors (Lipinski definition) is 4. The van der Waals surface area contributed by atoms with Crippen molar-refractivity contribution in [1.29, 1.82) is 0 Å². The van der Waals surface area contributed by atoms with E-state index in [4.69, 9.17) is 4.74 Å². The van der Waals surface area contributed by atoms with Crippen molar-refractivity contribution in [3.05, 3.63) is 59.4 Å². The molecule has 0 unspecified atom stereocenters. The molecule has 0 radical (unpaired) electrons. The summed E-state index contributed by atoms with van der Waals surface area (Å²) >= 11 is 0. The summed E-state index contributed by atoms with van der Waals surface area (Å²) in [7, 11) is -1.81. The standard InChI is InChI=1S/C17H22N2O3S/c1-13-4-5-17(22-3)16(12-13)14(2)19-23(20,21)11-8-15-6-9-18-10-7-15/h4-7,9-10,12,14,19H,8,11H2,1-3H3/t14-/m0/s1. The summed E-state index contributed by atoms with van der Waals surface area (Å²) in [6.45, 7) is 3.79. The fourth-order valence-electron chi connectivity index (χ4n) is 2.39. The van der Waals surface area contributed by atoms with Gasteiger partial charge in [-0.1, -0.05) is 17.7 Å². The van der Waals surface area contributed by atoms with Gasteiger partial charge < -0.3 is 4.74 Å². The molecule has 0 aliphatic carbocycles. The van der Waals surface area contributed by atoms with Crippen LogP contribution in [0.4, 0.5) is 0 Å². The van der Waals surface area contributed by atoms with Gasteiger partial charge in [0.1, 0.15) is 5.75 Å². The van der Waals surface area contributed by atoms with Crippen LogP contribution in [0.1, 0.15) is 29.7 Å². The quantitative estimate of drug-likeness (QED) is 0.845. The third kappa shape index (κ3) is 5.04. The number of nitrogens with one attached hydrogen (secondary N) is 1. The van der Waals surface area contributed by atoms with Gasteiger partial charge in [0.15, 0.2) is 0 Å². The first-order valence-corrected chi connectivity index (χ1v) is 9.10. The van der Waals surface area contributed by atoms with E-state index < -0.39 is 10.0 Å². The van der Waals surface area contributed by atoms with Crippen LogP contribution in [0.2, 0.25) is 0 Å². The van der Waals surface area contributed by atoms with Gasteiger partial charge in [-0.05, 0) is 44.0 Å². The van der Waals surface area contributed by atoms with Crippen LogP contribution in [-0.4, -0.2) is 26.3 Å². The Bertz CT molecular complexity index is 746. The van der Waals surface area contributed by atoms with Crippen molar-refractivity contribution >= 4 is 10.0 Å². The van der Waals surface area contributed by atoms with Crippen molar-refractivity contribution in [2.75, 3.05) is 12.9 Å². The molecular formula is C17H22N2O3S. The fraction of sp³-hybridized carbons (Fsp3) is 0.353. The lowest BCUT2D eigenvalue weighted by Gasteiger charge is -2.18. The number of rotatable bonds is 7. The Morgan fingerprint density at radius 3 is 2.57 bits per heavy atom. The molecule has 0 saturated carbocycles. The smallest absolute Gasteiger partial charge is 0.212 e. The van der Waals surface area contributed by atoms with E-state index in [2.05, 4.69) is 9.71 Å².